The minimum Gasteiger partial charge on any atom is -0.326 e. The van der Waals surface area contributed by atoms with Gasteiger partial charge in [-0.2, -0.15) is 0 Å². The lowest BCUT2D eigenvalue weighted by Gasteiger charge is -2.11. The molecule has 2 atom stereocenters. The van der Waals surface area contributed by atoms with Gasteiger partial charge in [0, 0.05) is 23.5 Å². The summed E-state index contributed by atoms with van der Waals surface area (Å²) in [7, 11) is -1.08. The Morgan fingerprint density at radius 1 is 1.21 bits per heavy atom. The highest BCUT2D eigenvalue weighted by Crippen LogP contribution is 2.29. The van der Waals surface area contributed by atoms with Crippen LogP contribution in [0.2, 0.25) is 0 Å². The average molecular weight is 413 g/mol. The van der Waals surface area contributed by atoms with Crippen LogP contribution in [0.25, 0.3) is 11.1 Å². The number of carbonyl (C=O) groups is 1. The molecule has 1 saturated carbocycles. The van der Waals surface area contributed by atoms with Gasteiger partial charge in [-0.3, -0.25) is 14.5 Å². The fourth-order valence-electron chi connectivity index (χ4n) is 2.65. The second-order valence-electron chi connectivity index (χ2n) is 6.71. The lowest BCUT2D eigenvalue weighted by Crippen LogP contribution is -2.19. The highest BCUT2D eigenvalue weighted by Gasteiger charge is 2.29. The summed E-state index contributed by atoms with van der Waals surface area (Å²) in [6, 6.07) is 11.5. The number of hydrogen-bond donors (Lipinski definition) is 2. The van der Waals surface area contributed by atoms with Crippen molar-refractivity contribution in [1.82, 2.24) is 9.97 Å². The number of benzene rings is 1. The third-order valence-electron chi connectivity index (χ3n) is 4.52. The molecule has 1 aliphatic carbocycles. The molecule has 2 heterocycles. The Hall–Kier alpha value is -2.58. The molecule has 6 nitrogen and oxygen atoms in total. The number of anilines is 2. The predicted molar refractivity (Wildman–Crippen MR) is 114 cm³/mol. The number of pyridine rings is 1. The Balaban J connectivity index is 1.37. The van der Waals surface area contributed by atoms with E-state index in [1.165, 1.54) is 11.3 Å². The molecule has 0 spiro atoms. The highest BCUT2D eigenvalue weighted by molar-refractivity contribution is 7.87. The summed E-state index contributed by atoms with van der Waals surface area (Å²) in [4.78, 5) is 21.1. The van der Waals surface area contributed by atoms with Crippen LogP contribution in [0, 0.1) is 0 Å². The van der Waals surface area contributed by atoms with Gasteiger partial charge in [-0.25, -0.2) is 9.19 Å². The van der Waals surface area contributed by atoms with E-state index in [9.17, 15) is 9.00 Å². The number of amides is 1. The van der Waals surface area contributed by atoms with Crippen LogP contribution in [0.1, 0.15) is 31.4 Å². The van der Waals surface area contributed by atoms with Gasteiger partial charge in [-0.15, -0.1) is 11.3 Å². The van der Waals surface area contributed by atoms with E-state index < -0.39 is 16.9 Å². The molecule has 1 aromatic carbocycles. The zero-order chi connectivity index (χ0) is 19.5. The molecule has 1 fully saturated rings. The Kier molecular flexibility index (Phi) is 5.50. The average Bonchev–Trinajstić information content (AvgIpc) is 3.48. The van der Waals surface area contributed by atoms with Crippen LogP contribution in [-0.2, 0) is 15.8 Å². The molecular formula is C20H20N4O2S2. The molecule has 144 valence electrons. The number of hydrogen-bond acceptors (Lipinski definition) is 5. The van der Waals surface area contributed by atoms with E-state index in [1.54, 1.807) is 12.4 Å². The Labute approximate surface area is 170 Å². The van der Waals surface area contributed by atoms with Gasteiger partial charge in [0.25, 0.3) is 0 Å². The molecule has 0 aliphatic heterocycles. The summed E-state index contributed by atoms with van der Waals surface area (Å²) in [5, 5.41) is 5.60. The summed E-state index contributed by atoms with van der Waals surface area (Å²) in [5.74, 6) is -0.534. The molecule has 1 aliphatic rings. The van der Waals surface area contributed by atoms with Crippen molar-refractivity contribution in [1.29, 1.82) is 0 Å². The predicted octanol–water partition coefficient (Wildman–Crippen LogP) is 4.19. The van der Waals surface area contributed by atoms with Crippen molar-refractivity contribution in [2.75, 3.05) is 10.0 Å². The maximum Gasteiger partial charge on any atom is 0.233 e. The minimum absolute atomic E-state index is 0.130. The van der Waals surface area contributed by atoms with E-state index in [0.29, 0.717) is 10.8 Å². The van der Waals surface area contributed by atoms with Gasteiger partial charge in [-0.05, 0) is 49.1 Å². The summed E-state index contributed by atoms with van der Waals surface area (Å²) >= 11 is 1.37. The fourth-order valence-corrected chi connectivity index (χ4v) is 4.68. The van der Waals surface area contributed by atoms with Crippen molar-refractivity contribution >= 4 is 39.0 Å². The van der Waals surface area contributed by atoms with Gasteiger partial charge < -0.3 is 5.32 Å². The smallest absolute Gasteiger partial charge is 0.233 e. The van der Waals surface area contributed by atoms with E-state index in [2.05, 4.69) is 20.0 Å². The molecule has 0 radical (unpaired) electrons. The molecule has 2 aromatic heterocycles. The van der Waals surface area contributed by atoms with Crippen LogP contribution in [0.3, 0.4) is 0 Å². The van der Waals surface area contributed by atoms with Crippen molar-refractivity contribution in [3.63, 3.8) is 0 Å². The van der Waals surface area contributed by atoms with Gasteiger partial charge >= 0.3 is 0 Å². The van der Waals surface area contributed by atoms with Gasteiger partial charge in [0.05, 0.1) is 16.9 Å². The van der Waals surface area contributed by atoms with Crippen molar-refractivity contribution in [3.8, 4) is 11.1 Å². The van der Waals surface area contributed by atoms with E-state index in [4.69, 9.17) is 0 Å². The Bertz CT molecular complexity index is 985. The second kappa shape index (κ2) is 8.20. The van der Waals surface area contributed by atoms with Crippen LogP contribution in [-0.4, -0.2) is 25.3 Å². The number of nitrogens with zero attached hydrogens (tertiary/aromatic N) is 2. The van der Waals surface area contributed by atoms with Gasteiger partial charge in [0.15, 0.2) is 5.13 Å². The molecule has 28 heavy (non-hydrogen) atoms. The first-order valence-electron chi connectivity index (χ1n) is 9.04. The largest absolute Gasteiger partial charge is 0.326 e. The number of aromatic nitrogens is 2. The summed E-state index contributed by atoms with van der Waals surface area (Å²) < 4.78 is 14.9. The van der Waals surface area contributed by atoms with E-state index >= 15 is 0 Å². The molecule has 2 unspecified atom stereocenters. The molecule has 0 saturated heterocycles. The zero-order valence-corrected chi connectivity index (χ0v) is 16.9. The summed E-state index contributed by atoms with van der Waals surface area (Å²) in [6.07, 6.45) is 5.54. The number of nitrogens with one attached hydrogen (secondary N) is 2. The molecular weight excluding hydrogens is 392 g/mol. The van der Waals surface area contributed by atoms with Crippen LogP contribution in [0.4, 0.5) is 10.8 Å². The first-order chi connectivity index (χ1) is 13.6. The number of carbonyl (C=O) groups excluding carboxylic acids is 1. The summed E-state index contributed by atoms with van der Waals surface area (Å²) in [5.41, 5.74) is 3.47. The fraction of sp³-hybridized carbons (Fsp3) is 0.250. The third-order valence-corrected chi connectivity index (χ3v) is 6.90. The minimum atomic E-state index is -1.08. The topological polar surface area (TPSA) is 84.0 Å². The van der Waals surface area contributed by atoms with E-state index in [0.717, 1.165) is 29.7 Å². The van der Waals surface area contributed by atoms with Crippen LogP contribution >= 0.6 is 11.3 Å². The lowest BCUT2D eigenvalue weighted by molar-refractivity contribution is -0.117. The molecule has 3 aromatic rings. The molecule has 4 rings (SSSR count). The van der Waals surface area contributed by atoms with Crippen molar-refractivity contribution in [3.05, 3.63) is 59.9 Å². The number of rotatable bonds is 7. The van der Waals surface area contributed by atoms with Gasteiger partial charge in [0.2, 0.25) is 5.91 Å². The first-order valence-corrected chi connectivity index (χ1v) is 11.1. The SMILES string of the molecule is CC(C(=O)Nc1ccc(-c2cccnc2)cc1)c1csc(NS(=O)C2CC2)n1. The van der Waals surface area contributed by atoms with Crippen LogP contribution in [0.15, 0.2) is 54.2 Å². The molecule has 8 heteroatoms. The van der Waals surface area contributed by atoms with E-state index in [1.807, 2.05) is 48.7 Å². The standard InChI is InChI=1S/C20H20N4O2S2/c1-13(18-12-27-20(23-18)24-28(26)17-8-9-17)19(25)22-16-6-4-14(5-7-16)15-3-2-10-21-11-15/h2-7,10-13,17H,8-9H2,1H3,(H,22,25)(H,23,24). The summed E-state index contributed by atoms with van der Waals surface area (Å²) in [6.45, 7) is 1.82. The maximum atomic E-state index is 12.6. The Morgan fingerprint density at radius 2 is 2.00 bits per heavy atom. The molecule has 1 amide bonds. The van der Waals surface area contributed by atoms with Crippen LogP contribution < -0.4 is 10.0 Å². The first kappa shape index (κ1) is 18.8. The van der Waals surface area contributed by atoms with Crippen molar-refractivity contribution < 1.29 is 9.00 Å². The maximum absolute atomic E-state index is 12.6. The quantitative estimate of drug-likeness (QED) is 0.610. The monoisotopic (exact) mass is 412 g/mol. The Morgan fingerprint density at radius 3 is 2.68 bits per heavy atom. The van der Waals surface area contributed by atoms with Gasteiger partial charge in [0.1, 0.15) is 11.0 Å². The normalized spacial score (nSPS) is 15.6. The third kappa shape index (κ3) is 4.45. The second-order valence-corrected chi connectivity index (χ2v) is 9.03. The van der Waals surface area contributed by atoms with Gasteiger partial charge in [-0.1, -0.05) is 18.2 Å². The molecule has 2 N–H and O–H groups in total. The molecule has 0 bridgehead atoms. The van der Waals surface area contributed by atoms with Crippen molar-refractivity contribution in [2.24, 2.45) is 0 Å². The lowest BCUT2D eigenvalue weighted by atomic mass is 10.1. The van der Waals surface area contributed by atoms with Crippen molar-refractivity contribution in [2.45, 2.75) is 30.9 Å². The highest BCUT2D eigenvalue weighted by atomic mass is 32.2. The zero-order valence-electron chi connectivity index (χ0n) is 15.3. The van der Waals surface area contributed by atoms with Crippen LogP contribution in [0.5, 0.6) is 0 Å². The van der Waals surface area contributed by atoms with E-state index in [-0.39, 0.29) is 11.2 Å². The number of thiazole rings is 1.